The van der Waals surface area contributed by atoms with Gasteiger partial charge in [-0.1, -0.05) is 12.6 Å². The lowest BCUT2D eigenvalue weighted by Crippen LogP contribution is -2.51. The van der Waals surface area contributed by atoms with E-state index in [0.29, 0.717) is 48.3 Å². The fourth-order valence-corrected chi connectivity index (χ4v) is 5.47. The zero-order valence-corrected chi connectivity index (χ0v) is 22.5. The molecule has 2 aromatic rings. The first-order valence-electron chi connectivity index (χ1n) is 13.4. The van der Waals surface area contributed by atoms with E-state index in [1.54, 1.807) is 24.4 Å². The Labute approximate surface area is 227 Å². The number of hydrogen-bond donors (Lipinski definition) is 2. The Balaban J connectivity index is 1.20. The second kappa shape index (κ2) is 11.0. The Hall–Kier alpha value is -3.99. The molecular weight excluding hydrogens is 498 g/mol. The van der Waals surface area contributed by atoms with Crippen molar-refractivity contribution in [2.45, 2.75) is 50.7 Å². The van der Waals surface area contributed by atoms with E-state index in [0.717, 1.165) is 42.9 Å². The number of carbonyl (C=O) groups is 4. The van der Waals surface area contributed by atoms with Gasteiger partial charge in [-0.25, -0.2) is 0 Å². The first-order chi connectivity index (χ1) is 18.7. The van der Waals surface area contributed by atoms with Crippen molar-refractivity contribution in [3.63, 3.8) is 0 Å². The average Bonchev–Trinajstić information content (AvgIpc) is 3.49. The summed E-state index contributed by atoms with van der Waals surface area (Å²) in [5, 5.41) is 10.5. The van der Waals surface area contributed by atoms with Crippen LogP contribution in [0.1, 0.15) is 64.4 Å². The summed E-state index contributed by atoms with van der Waals surface area (Å²) in [5.41, 5.74) is 2.67. The van der Waals surface area contributed by atoms with Crippen LogP contribution in [0.2, 0.25) is 0 Å². The van der Waals surface area contributed by atoms with Crippen molar-refractivity contribution in [2.24, 2.45) is 0 Å². The zero-order valence-electron chi connectivity index (χ0n) is 22.5. The van der Waals surface area contributed by atoms with Gasteiger partial charge < -0.3 is 20.4 Å². The van der Waals surface area contributed by atoms with Crippen LogP contribution in [0.25, 0.3) is 0 Å². The molecule has 3 aliphatic rings. The standard InChI is InChI=1S/C28H35N7O4/c1-18-7-8-23(26(37)31-18)35-27(38)21-5-4-6-22(25(21)28(35)39)29-15-19-16-30-34(17-19)20-9-13-33(14-10-20)24(36)11-12-32(2)3/h4-6,16-17,20,23,29H,1,7-15H2,2-3H3,(H,31,37). The summed E-state index contributed by atoms with van der Waals surface area (Å²) in [4.78, 5) is 56.4. The number of anilines is 1. The second-order valence-electron chi connectivity index (χ2n) is 10.7. The molecule has 2 saturated heterocycles. The molecule has 1 unspecified atom stereocenters. The molecule has 206 valence electrons. The van der Waals surface area contributed by atoms with Gasteiger partial charge in [0.15, 0.2) is 0 Å². The Morgan fingerprint density at radius 2 is 1.92 bits per heavy atom. The van der Waals surface area contributed by atoms with Crippen molar-refractivity contribution in [3.8, 4) is 0 Å². The van der Waals surface area contributed by atoms with Gasteiger partial charge in [-0.2, -0.15) is 5.10 Å². The lowest BCUT2D eigenvalue weighted by atomic mass is 10.0. The van der Waals surface area contributed by atoms with E-state index in [9.17, 15) is 19.2 Å². The van der Waals surface area contributed by atoms with E-state index in [1.165, 1.54) is 0 Å². The van der Waals surface area contributed by atoms with E-state index in [1.807, 2.05) is 34.8 Å². The molecule has 0 saturated carbocycles. The van der Waals surface area contributed by atoms with Gasteiger partial charge in [-0.3, -0.25) is 28.8 Å². The minimum atomic E-state index is -0.844. The summed E-state index contributed by atoms with van der Waals surface area (Å²) in [6, 6.07) is 4.50. The topological polar surface area (TPSA) is 120 Å². The molecule has 1 atom stereocenters. The largest absolute Gasteiger partial charge is 0.380 e. The maximum absolute atomic E-state index is 13.3. The SMILES string of the molecule is C=C1CCC(N2C(=O)c3cccc(NCc4cnn(C5CCN(C(=O)CCN(C)C)CC5)c4)c3C2=O)C(=O)N1. The van der Waals surface area contributed by atoms with Crippen LogP contribution in [0.15, 0.2) is 42.9 Å². The summed E-state index contributed by atoms with van der Waals surface area (Å²) in [5.74, 6) is -1.10. The normalized spacial score (nSPS) is 20.0. The molecule has 2 N–H and O–H groups in total. The number of allylic oxidation sites excluding steroid dienone is 1. The predicted molar refractivity (Wildman–Crippen MR) is 145 cm³/mol. The highest BCUT2D eigenvalue weighted by molar-refractivity contribution is 6.25. The number of benzene rings is 1. The molecule has 39 heavy (non-hydrogen) atoms. The van der Waals surface area contributed by atoms with E-state index in [-0.39, 0.29) is 17.9 Å². The number of amides is 4. The summed E-state index contributed by atoms with van der Waals surface area (Å²) in [6.45, 7) is 6.39. The first-order valence-corrected chi connectivity index (χ1v) is 13.4. The molecule has 4 amide bonds. The number of imide groups is 1. The van der Waals surface area contributed by atoms with Crippen molar-refractivity contribution < 1.29 is 19.2 Å². The van der Waals surface area contributed by atoms with Crippen LogP contribution in [0.5, 0.6) is 0 Å². The Morgan fingerprint density at radius 1 is 1.15 bits per heavy atom. The number of aromatic nitrogens is 2. The zero-order chi connectivity index (χ0) is 27.7. The van der Waals surface area contributed by atoms with Gasteiger partial charge in [-0.15, -0.1) is 0 Å². The lowest BCUT2D eigenvalue weighted by Gasteiger charge is -2.32. The number of nitrogens with zero attached hydrogens (tertiary/aromatic N) is 5. The van der Waals surface area contributed by atoms with Gasteiger partial charge in [0.05, 0.1) is 23.4 Å². The van der Waals surface area contributed by atoms with Gasteiger partial charge in [-0.05, 0) is 51.9 Å². The number of hydrogen-bond acceptors (Lipinski definition) is 7. The van der Waals surface area contributed by atoms with Crippen LogP contribution >= 0.6 is 0 Å². The van der Waals surface area contributed by atoms with Gasteiger partial charge in [0, 0.05) is 55.7 Å². The number of piperidine rings is 2. The molecule has 0 radical (unpaired) electrons. The third-order valence-corrected chi connectivity index (χ3v) is 7.68. The minimum absolute atomic E-state index is 0.198. The van der Waals surface area contributed by atoms with Crippen molar-refractivity contribution in [1.82, 2.24) is 29.8 Å². The van der Waals surface area contributed by atoms with E-state index in [4.69, 9.17) is 0 Å². The van der Waals surface area contributed by atoms with Crippen molar-refractivity contribution in [1.29, 1.82) is 0 Å². The van der Waals surface area contributed by atoms with E-state index in [2.05, 4.69) is 22.3 Å². The summed E-state index contributed by atoms with van der Waals surface area (Å²) in [6.07, 6.45) is 6.90. The molecule has 1 aromatic heterocycles. The van der Waals surface area contributed by atoms with Crippen LogP contribution in [-0.4, -0.2) is 87.9 Å². The summed E-state index contributed by atoms with van der Waals surface area (Å²) < 4.78 is 1.96. The molecule has 5 rings (SSSR count). The quantitative estimate of drug-likeness (QED) is 0.498. The number of nitrogens with one attached hydrogen (secondary N) is 2. The van der Waals surface area contributed by atoms with Gasteiger partial charge >= 0.3 is 0 Å². The highest BCUT2D eigenvalue weighted by atomic mass is 16.2. The average molecular weight is 534 g/mol. The molecule has 2 fully saturated rings. The van der Waals surface area contributed by atoms with E-state index < -0.39 is 17.9 Å². The van der Waals surface area contributed by atoms with Gasteiger partial charge in [0.25, 0.3) is 11.8 Å². The number of rotatable bonds is 8. The molecule has 0 bridgehead atoms. The van der Waals surface area contributed by atoms with Crippen molar-refractivity contribution >= 4 is 29.3 Å². The third kappa shape index (κ3) is 5.44. The van der Waals surface area contributed by atoms with E-state index >= 15 is 0 Å². The van der Waals surface area contributed by atoms with Crippen molar-refractivity contribution in [2.75, 3.05) is 39.0 Å². The maximum Gasteiger partial charge on any atom is 0.264 e. The molecule has 0 aliphatic carbocycles. The molecule has 11 heteroatoms. The number of likely N-dealkylation sites (tertiary alicyclic amines) is 1. The number of carbonyl (C=O) groups excluding carboxylic acids is 4. The Bertz CT molecular complexity index is 1310. The van der Waals surface area contributed by atoms with Crippen LogP contribution in [-0.2, 0) is 16.1 Å². The molecule has 3 aliphatic heterocycles. The van der Waals surface area contributed by atoms with Crippen LogP contribution in [0.4, 0.5) is 5.69 Å². The lowest BCUT2D eigenvalue weighted by molar-refractivity contribution is -0.132. The monoisotopic (exact) mass is 533 g/mol. The highest BCUT2D eigenvalue weighted by Gasteiger charge is 2.45. The maximum atomic E-state index is 13.3. The molecule has 0 spiro atoms. The Kier molecular flexibility index (Phi) is 7.51. The molecule has 4 heterocycles. The molecule has 11 nitrogen and oxygen atoms in total. The minimum Gasteiger partial charge on any atom is -0.380 e. The van der Waals surface area contributed by atoms with Gasteiger partial charge in [0.2, 0.25) is 11.8 Å². The summed E-state index contributed by atoms with van der Waals surface area (Å²) in [7, 11) is 3.94. The predicted octanol–water partition coefficient (Wildman–Crippen LogP) is 2.00. The molecular formula is C28H35N7O4. The second-order valence-corrected chi connectivity index (χ2v) is 10.7. The molecule has 1 aromatic carbocycles. The Morgan fingerprint density at radius 3 is 2.64 bits per heavy atom. The first kappa shape index (κ1) is 26.6. The van der Waals surface area contributed by atoms with Crippen molar-refractivity contribution in [3.05, 3.63) is 59.6 Å². The number of fused-ring (bicyclic) bond motifs is 1. The fraction of sp³-hybridized carbons (Fsp3) is 0.464. The van der Waals surface area contributed by atoms with Crippen LogP contribution in [0.3, 0.4) is 0 Å². The van der Waals surface area contributed by atoms with Crippen LogP contribution in [0, 0.1) is 0 Å². The van der Waals surface area contributed by atoms with Gasteiger partial charge in [0.1, 0.15) is 6.04 Å². The van der Waals surface area contributed by atoms with Crippen LogP contribution < -0.4 is 10.6 Å². The third-order valence-electron chi connectivity index (χ3n) is 7.68. The highest BCUT2D eigenvalue weighted by Crippen LogP contribution is 2.33. The fourth-order valence-electron chi connectivity index (χ4n) is 5.47. The summed E-state index contributed by atoms with van der Waals surface area (Å²) >= 11 is 0. The smallest absolute Gasteiger partial charge is 0.264 e.